The molecule has 6 nitrogen and oxygen atoms in total. The highest BCUT2D eigenvalue weighted by molar-refractivity contribution is 8.00. The van der Waals surface area contributed by atoms with Gasteiger partial charge in [0.05, 0.1) is 20.3 Å². The Morgan fingerprint density at radius 1 is 1.48 bits per heavy atom. The third-order valence-corrected chi connectivity index (χ3v) is 5.41. The Kier molecular flexibility index (Phi) is 5.42. The fraction of sp³-hybridized carbons (Fsp3) is 0.562. The maximum absolute atomic E-state index is 11.1. The summed E-state index contributed by atoms with van der Waals surface area (Å²) in [5, 5.41) is 11.7. The number of hydrogen-bond donors (Lipinski definition) is 2. The average molecular weight is 338 g/mol. The van der Waals surface area contributed by atoms with Crippen molar-refractivity contribution in [3.8, 4) is 5.75 Å². The lowest BCUT2D eigenvalue weighted by atomic mass is 10.0. The van der Waals surface area contributed by atoms with E-state index >= 15 is 0 Å². The van der Waals surface area contributed by atoms with Crippen LogP contribution in [0.1, 0.15) is 17.2 Å². The zero-order valence-corrected chi connectivity index (χ0v) is 14.0. The molecule has 0 amide bonds. The minimum atomic E-state index is -0.806. The lowest BCUT2D eigenvalue weighted by Gasteiger charge is -2.27. The summed E-state index contributed by atoms with van der Waals surface area (Å²) in [6.45, 7) is 4.20. The summed E-state index contributed by atoms with van der Waals surface area (Å²) in [6.07, 6.45) is 0. The highest BCUT2D eigenvalue weighted by Gasteiger charge is 2.30. The molecule has 3 rings (SSSR count). The molecule has 0 bridgehead atoms. The maximum atomic E-state index is 11.1. The van der Waals surface area contributed by atoms with E-state index in [2.05, 4.69) is 16.3 Å². The van der Waals surface area contributed by atoms with E-state index in [0.717, 1.165) is 55.5 Å². The molecule has 0 spiro atoms. The zero-order valence-electron chi connectivity index (χ0n) is 13.2. The third kappa shape index (κ3) is 3.98. The van der Waals surface area contributed by atoms with E-state index in [9.17, 15) is 4.79 Å². The van der Waals surface area contributed by atoms with Gasteiger partial charge in [0.2, 0.25) is 0 Å². The molecule has 2 aliphatic heterocycles. The summed E-state index contributed by atoms with van der Waals surface area (Å²) in [4.78, 5) is 13.4. The molecule has 2 fully saturated rings. The van der Waals surface area contributed by atoms with Crippen LogP contribution in [0.2, 0.25) is 0 Å². The van der Waals surface area contributed by atoms with E-state index in [1.54, 1.807) is 7.11 Å². The fourth-order valence-corrected chi connectivity index (χ4v) is 4.02. The quantitative estimate of drug-likeness (QED) is 0.839. The number of rotatable bonds is 5. The Hall–Kier alpha value is -1.28. The number of thioether (sulfide) groups is 1. The second kappa shape index (κ2) is 7.53. The summed E-state index contributed by atoms with van der Waals surface area (Å²) in [6, 6.07) is 6.20. The summed E-state index contributed by atoms with van der Waals surface area (Å²) in [5.41, 5.74) is 2.25. The van der Waals surface area contributed by atoms with Crippen molar-refractivity contribution in [2.45, 2.75) is 18.0 Å². The smallest absolute Gasteiger partial charge is 0.331 e. The number of nitrogens with zero attached hydrogens (tertiary/aromatic N) is 1. The molecular weight excluding hydrogens is 316 g/mol. The van der Waals surface area contributed by atoms with Gasteiger partial charge in [-0.1, -0.05) is 6.07 Å². The van der Waals surface area contributed by atoms with Gasteiger partial charge in [-0.05, 0) is 17.7 Å². The molecule has 7 heteroatoms. The van der Waals surface area contributed by atoms with Crippen molar-refractivity contribution in [1.29, 1.82) is 0 Å². The fourth-order valence-electron chi connectivity index (χ4n) is 2.95. The molecule has 0 unspecified atom stereocenters. The van der Waals surface area contributed by atoms with Crippen molar-refractivity contribution < 1.29 is 19.4 Å². The van der Waals surface area contributed by atoms with Crippen molar-refractivity contribution in [2.24, 2.45) is 0 Å². The summed E-state index contributed by atoms with van der Waals surface area (Å²) in [5.74, 6) is 0.834. The Morgan fingerprint density at radius 2 is 2.26 bits per heavy atom. The topological polar surface area (TPSA) is 71.0 Å². The van der Waals surface area contributed by atoms with Crippen LogP contribution in [0.25, 0.3) is 0 Å². The van der Waals surface area contributed by atoms with Crippen LogP contribution in [-0.4, -0.2) is 60.5 Å². The third-order valence-electron chi connectivity index (χ3n) is 4.21. The highest BCUT2D eigenvalue weighted by Crippen LogP contribution is 2.32. The number of carboxylic acid groups (broad SMARTS) is 1. The molecule has 0 aliphatic carbocycles. The van der Waals surface area contributed by atoms with Crippen LogP contribution in [0.15, 0.2) is 18.2 Å². The molecule has 126 valence electrons. The van der Waals surface area contributed by atoms with Crippen LogP contribution in [0, 0.1) is 0 Å². The minimum absolute atomic E-state index is 0.0652. The Bertz CT molecular complexity index is 563. The van der Waals surface area contributed by atoms with Crippen LogP contribution < -0.4 is 10.1 Å². The van der Waals surface area contributed by atoms with Crippen molar-refractivity contribution >= 4 is 17.7 Å². The van der Waals surface area contributed by atoms with Gasteiger partial charge < -0.3 is 14.6 Å². The second-order valence-electron chi connectivity index (χ2n) is 5.73. The number of nitrogens with one attached hydrogen (secondary N) is 1. The molecule has 0 saturated carbocycles. The molecule has 2 aliphatic rings. The summed E-state index contributed by atoms with van der Waals surface area (Å²) < 4.78 is 10.9. The molecule has 1 aromatic rings. The van der Waals surface area contributed by atoms with Gasteiger partial charge in [-0.25, -0.2) is 4.79 Å². The SMILES string of the molecule is COc1ccc([C@@H]2CS[C@@H](C(=O)O)N2)cc1CN1CCOCC1. The first-order valence-corrected chi connectivity index (χ1v) is 8.79. The zero-order chi connectivity index (χ0) is 16.2. The van der Waals surface area contributed by atoms with Crippen molar-refractivity contribution in [1.82, 2.24) is 10.2 Å². The number of carbonyl (C=O) groups is 1. The van der Waals surface area contributed by atoms with Gasteiger partial charge in [0.1, 0.15) is 5.75 Å². The normalized spacial score (nSPS) is 25.4. The predicted molar refractivity (Wildman–Crippen MR) is 88.8 cm³/mol. The summed E-state index contributed by atoms with van der Waals surface area (Å²) >= 11 is 1.44. The number of ether oxygens (including phenoxy) is 2. The van der Waals surface area contributed by atoms with Crippen LogP contribution in [-0.2, 0) is 16.1 Å². The number of benzene rings is 1. The number of morpholine rings is 1. The molecule has 2 atom stereocenters. The van der Waals surface area contributed by atoms with Crippen molar-refractivity contribution in [3.63, 3.8) is 0 Å². The second-order valence-corrected chi connectivity index (χ2v) is 6.87. The molecule has 0 aromatic heterocycles. The number of aliphatic carboxylic acids is 1. The van der Waals surface area contributed by atoms with E-state index < -0.39 is 11.3 Å². The number of carboxylic acids is 1. The average Bonchev–Trinajstić information content (AvgIpc) is 3.06. The van der Waals surface area contributed by atoms with E-state index in [1.807, 2.05) is 12.1 Å². The van der Waals surface area contributed by atoms with Crippen LogP contribution in [0.4, 0.5) is 0 Å². The molecule has 2 saturated heterocycles. The highest BCUT2D eigenvalue weighted by atomic mass is 32.2. The van der Waals surface area contributed by atoms with Gasteiger partial charge in [0.25, 0.3) is 0 Å². The van der Waals surface area contributed by atoms with Crippen LogP contribution in [0.3, 0.4) is 0 Å². The van der Waals surface area contributed by atoms with E-state index in [4.69, 9.17) is 14.6 Å². The maximum Gasteiger partial charge on any atom is 0.331 e. The van der Waals surface area contributed by atoms with Gasteiger partial charge in [0.15, 0.2) is 5.37 Å². The first-order chi connectivity index (χ1) is 11.2. The Balaban J connectivity index is 1.74. The first-order valence-electron chi connectivity index (χ1n) is 7.75. The number of hydrogen-bond acceptors (Lipinski definition) is 6. The Morgan fingerprint density at radius 3 is 2.91 bits per heavy atom. The van der Waals surface area contributed by atoms with Gasteiger partial charge >= 0.3 is 5.97 Å². The molecule has 23 heavy (non-hydrogen) atoms. The Labute approximate surface area is 140 Å². The first kappa shape index (κ1) is 16.6. The monoisotopic (exact) mass is 338 g/mol. The lowest BCUT2D eigenvalue weighted by Crippen LogP contribution is -2.35. The largest absolute Gasteiger partial charge is 0.496 e. The van der Waals surface area contributed by atoms with Crippen LogP contribution >= 0.6 is 11.8 Å². The summed E-state index contributed by atoms with van der Waals surface area (Å²) in [7, 11) is 1.68. The van der Waals surface area contributed by atoms with Gasteiger partial charge in [0, 0.05) is 37.0 Å². The van der Waals surface area contributed by atoms with Crippen molar-refractivity contribution in [2.75, 3.05) is 39.2 Å². The van der Waals surface area contributed by atoms with E-state index in [1.165, 1.54) is 11.8 Å². The minimum Gasteiger partial charge on any atom is -0.496 e. The molecule has 2 N–H and O–H groups in total. The standard InChI is InChI=1S/C16H22N2O4S/c1-21-14-3-2-11(13-10-23-15(17-13)16(19)20)8-12(14)9-18-4-6-22-7-5-18/h2-3,8,13,15,17H,4-7,9-10H2,1H3,(H,19,20)/t13-,15-/m0/s1. The van der Waals surface area contributed by atoms with E-state index in [-0.39, 0.29) is 6.04 Å². The van der Waals surface area contributed by atoms with Gasteiger partial charge in [-0.3, -0.25) is 10.2 Å². The molecule has 0 radical (unpaired) electrons. The van der Waals surface area contributed by atoms with E-state index in [0.29, 0.717) is 0 Å². The van der Waals surface area contributed by atoms with Gasteiger partial charge in [-0.15, -0.1) is 11.8 Å². The number of methoxy groups -OCH3 is 1. The predicted octanol–water partition coefficient (Wildman–Crippen LogP) is 1.32. The molecule has 2 heterocycles. The lowest BCUT2D eigenvalue weighted by molar-refractivity contribution is -0.137. The van der Waals surface area contributed by atoms with Crippen LogP contribution in [0.5, 0.6) is 5.75 Å². The molecular formula is C16H22N2O4S. The molecule has 1 aromatic carbocycles. The van der Waals surface area contributed by atoms with Crippen molar-refractivity contribution in [3.05, 3.63) is 29.3 Å². The van der Waals surface area contributed by atoms with Gasteiger partial charge in [-0.2, -0.15) is 0 Å².